The molecule has 1 fully saturated rings. The first kappa shape index (κ1) is 13.3. The van der Waals surface area contributed by atoms with Gasteiger partial charge in [-0.3, -0.25) is 4.99 Å². The lowest BCUT2D eigenvalue weighted by Crippen LogP contribution is -2.25. The van der Waals surface area contributed by atoms with Crippen molar-refractivity contribution in [2.45, 2.75) is 58.1 Å². The van der Waals surface area contributed by atoms with Gasteiger partial charge in [-0.25, -0.2) is 0 Å². The number of amidine groups is 1. The molecule has 0 aromatic heterocycles. The molecule has 0 radical (unpaired) electrons. The van der Waals surface area contributed by atoms with Gasteiger partial charge in [0.1, 0.15) is 0 Å². The molecule has 1 atom stereocenters. The monoisotopic (exact) mass is 254 g/mol. The largest absolute Gasteiger partial charge is 0.365 e. The molecule has 1 saturated carbocycles. The maximum absolute atomic E-state index is 4.61. The Morgan fingerprint density at radius 1 is 1.35 bits per heavy atom. The normalized spacial score (nSPS) is 25.6. The molecule has 1 N–H and O–H groups in total. The molecule has 1 aliphatic carbocycles. The first-order chi connectivity index (χ1) is 8.03. The van der Waals surface area contributed by atoms with E-state index in [9.17, 15) is 0 Å². The van der Waals surface area contributed by atoms with Gasteiger partial charge in [-0.05, 0) is 24.2 Å². The summed E-state index contributed by atoms with van der Waals surface area (Å²) in [6.07, 6.45) is 6.95. The minimum atomic E-state index is 0.425. The van der Waals surface area contributed by atoms with Crippen LogP contribution in [0.25, 0.3) is 0 Å². The quantitative estimate of drug-likeness (QED) is 0.827. The highest BCUT2D eigenvalue weighted by molar-refractivity contribution is 8.14. The molecular weight excluding hydrogens is 228 g/mol. The van der Waals surface area contributed by atoms with E-state index in [0.29, 0.717) is 10.7 Å². The van der Waals surface area contributed by atoms with Crippen molar-refractivity contribution in [2.24, 2.45) is 16.3 Å². The average Bonchev–Trinajstić information content (AvgIpc) is 2.54. The number of thioether (sulfide) groups is 1. The van der Waals surface area contributed by atoms with E-state index in [0.717, 1.165) is 19.0 Å². The number of hydrogen-bond donors (Lipinski definition) is 1. The van der Waals surface area contributed by atoms with Crippen LogP contribution in [-0.2, 0) is 0 Å². The molecule has 1 heterocycles. The molecule has 0 amide bonds. The molecule has 0 spiro atoms. The van der Waals surface area contributed by atoms with Crippen LogP contribution in [0.15, 0.2) is 4.99 Å². The molecular formula is C14H26N2S. The van der Waals surface area contributed by atoms with Gasteiger partial charge in [-0.15, -0.1) is 0 Å². The van der Waals surface area contributed by atoms with Gasteiger partial charge in [0.2, 0.25) is 0 Å². The predicted octanol–water partition coefficient (Wildman–Crippen LogP) is 3.67. The van der Waals surface area contributed by atoms with Crippen molar-refractivity contribution in [3.8, 4) is 0 Å². The second kappa shape index (κ2) is 5.64. The maximum atomic E-state index is 4.61. The van der Waals surface area contributed by atoms with Crippen molar-refractivity contribution in [3.05, 3.63) is 0 Å². The van der Waals surface area contributed by atoms with E-state index in [1.165, 1.54) is 37.3 Å². The van der Waals surface area contributed by atoms with Gasteiger partial charge in [0.05, 0.1) is 6.54 Å². The van der Waals surface area contributed by atoms with Crippen molar-refractivity contribution >= 4 is 16.9 Å². The third kappa shape index (κ3) is 4.53. The Morgan fingerprint density at radius 2 is 2.12 bits per heavy atom. The fraction of sp³-hybridized carbons (Fsp3) is 0.929. The van der Waals surface area contributed by atoms with Crippen LogP contribution in [0.2, 0.25) is 0 Å². The van der Waals surface area contributed by atoms with E-state index in [-0.39, 0.29) is 0 Å². The fourth-order valence-electron chi connectivity index (χ4n) is 2.47. The van der Waals surface area contributed by atoms with E-state index < -0.39 is 0 Å². The Labute approximate surface area is 110 Å². The smallest absolute Gasteiger partial charge is 0.156 e. The summed E-state index contributed by atoms with van der Waals surface area (Å²) in [6.45, 7) is 9.08. The molecule has 0 bridgehead atoms. The molecule has 2 aliphatic rings. The summed E-state index contributed by atoms with van der Waals surface area (Å²) >= 11 is 1.95. The zero-order valence-electron chi connectivity index (χ0n) is 11.5. The predicted molar refractivity (Wildman–Crippen MR) is 77.7 cm³/mol. The molecule has 2 rings (SSSR count). The number of nitrogens with zero attached hydrogens (tertiary/aromatic N) is 1. The molecule has 0 saturated heterocycles. The van der Waals surface area contributed by atoms with Crippen LogP contribution in [0, 0.1) is 11.3 Å². The number of nitrogens with one attached hydrogen (secondary N) is 1. The first-order valence-corrected chi connectivity index (χ1v) is 7.86. The van der Waals surface area contributed by atoms with E-state index in [1.807, 2.05) is 11.8 Å². The van der Waals surface area contributed by atoms with Crippen molar-refractivity contribution in [1.29, 1.82) is 0 Å². The molecule has 2 nitrogen and oxygen atoms in total. The molecule has 1 aliphatic heterocycles. The SMILES string of the molecule is CC(C)(C)CC1CN=C(NCCC2CCC2)S1. The molecule has 0 aromatic rings. The van der Waals surface area contributed by atoms with Crippen LogP contribution in [0.3, 0.4) is 0 Å². The second-order valence-corrected chi connectivity index (χ2v) is 7.95. The van der Waals surface area contributed by atoms with E-state index in [2.05, 4.69) is 31.1 Å². The Balaban J connectivity index is 1.60. The Bertz CT molecular complexity index is 276. The Kier molecular flexibility index (Phi) is 4.40. The van der Waals surface area contributed by atoms with Gasteiger partial charge in [0, 0.05) is 11.8 Å². The summed E-state index contributed by atoms with van der Waals surface area (Å²) in [5, 5.41) is 5.40. The van der Waals surface area contributed by atoms with Gasteiger partial charge in [0.25, 0.3) is 0 Å². The number of rotatable bonds is 4. The summed E-state index contributed by atoms with van der Waals surface area (Å²) in [4.78, 5) is 4.61. The lowest BCUT2D eigenvalue weighted by molar-refractivity contribution is 0.297. The lowest BCUT2D eigenvalue weighted by atomic mass is 9.83. The van der Waals surface area contributed by atoms with Crippen LogP contribution in [0.1, 0.15) is 52.9 Å². The van der Waals surface area contributed by atoms with Crippen molar-refractivity contribution in [1.82, 2.24) is 5.32 Å². The van der Waals surface area contributed by atoms with Crippen LogP contribution in [0.4, 0.5) is 0 Å². The molecule has 0 aromatic carbocycles. The fourth-order valence-corrected chi connectivity index (χ4v) is 3.85. The second-order valence-electron chi connectivity index (χ2n) is 6.66. The minimum Gasteiger partial charge on any atom is -0.365 e. The summed E-state index contributed by atoms with van der Waals surface area (Å²) in [5.41, 5.74) is 0.425. The Hall–Kier alpha value is -0.180. The van der Waals surface area contributed by atoms with E-state index in [4.69, 9.17) is 0 Å². The molecule has 3 heteroatoms. The topological polar surface area (TPSA) is 24.4 Å². The summed E-state index contributed by atoms with van der Waals surface area (Å²) in [7, 11) is 0. The maximum Gasteiger partial charge on any atom is 0.156 e. The van der Waals surface area contributed by atoms with Crippen molar-refractivity contribution in [3.63, 3.8) is 0 Å². The Morgan fingerprint density at radius 3 is 2.71 bits per heavy atom. The van der Waals surface area contributed by atoms with Crippen LogP contribution in [0.5, 0.6) is 0 Å². The average molecular weight is 254 g/mol. The highest BCUT2D eigenvalue weighted by atomic mass is 32.2. The van der Waals surface area contributed by atoms with Gasteiger partial charge < -0.3 is 5.32 Å². The van der Waals surface area contributed by atoms with Crippen LogP contribution >= 0.6 is 11.8 Å². The van der Waals surface area contributed by atoms with Gasteiger partial charge in [-0.2, -0.15) is 0 Å². The van der Waals surface area contributed by atoms with Gasteiger partial charge in [-0.1, -0.05) is 51.8 Å². The minimum absolute atomic E-state index is 0.425. The zero-order chi connectivity index (χ0) is 12.3. The lowest BCUT2D eigenvalue weighted by Gasteiger charge is -2.25. The summed E-state index contributed by atoms with van der Waals surface area (Å²) in [6, 6.07) is 0. The zero-order valence-corrected chi connectivity index (χ0v) is 12.3. The summed E-state index contributed by atoms with van der Waals surface area (Å²) < 4.78 is 0. The highest BCUT2D eigenvalue weighted by Crippen LogP contribution is 2.32. The molecule has 98 valence electrons. The first-order valence-electron chi connectivity index (χ1n) is 6.98. The number of hydrogen-bond acceptors (Lipinski definition) is 3. The van der Waals surface area contributed by atoms with Crippen molar-refractivity contribution < 1.29 is 0 Å². The third-order valence-corrected chi connectivity index (χ3v) is 4.76. The highest BCUT2D eigenvalue weighted by Gasteiger charge is 2.25. The van der Waals surface area contributed by atoms with Gasteiger partial charge >= 0.3 is 0 Å². The van der Waals surface area contributed by atoms with Crippen LogP contribution < -0.4 is 5.32 Å². The summed E-state index contributed by atoms with van der Waals surface area (Å²) in [5.74, 6) is 1.000. The standard InChI is InChI=1S/C14H26N2S/c1-14(2,3)9-12-10-16-13(17-12)15-8-7-11-5-4-6-11/h11-12H,4-10H2,1-3H3,(H,15,16). The molecule has 1 unspecified atom stereocenters. The third-order valence-electron chi connectivity index (χ3n) is 3.61. The van der Waals surface area contributed by atoms with Crippen LogP contribution in [-0.4, -0.2) is 23.5 Å². The van der Waals surface area contributed by atoms with Crippen molar-refractivity contribution in [2.75, 3.05) is 13.1 Å². The van der Waals surface area contributed by atoms with Gasteiger partial charge in [0.15, 0.2) is 5.17 Å². The van der Waals surface area contributed by atoms with E-state index in [1.54, 1.807) is 0 Å². The van der Waals surface area contributed by atoms with E-state index >= 15 is 0 Å². The number of aliphatic imine (C=N–C) groups is 1. The molecule has 17 heavy (non-hydrogen) atoms.